The second kappa shape index (κ2) is 6.96. The Morgan fingerprint density at radius 2 is 1.56 bits per heavy atom. The van der Waals surface area contributed by atoms with Gasteiger partial charge in [-0.25, -0.2) is 13.7 Å². The van der Waals surface area contributed by atoms with Crippen molar-refractivity contribution in [2.24, 2.45) is 0 Å². The van der Waals surface area contributed by atoms with Crippen molar-refractivity contribution in [2.45, 2.75) is 6.54 Å². The van der Waals surface area contributed by atoms with Gasteiger partial charge < -0.3 is 0 Å². The number of nitrogens with zero attached hydrogens (tertiary/aromatic N) is 3. The van der Waals surface area contributed by atoms with Gasteiger partial charge in [0.25, 0.3) is 5.78 Å². The lowest BCUT2D eigenvalue weighted by atomic mass is 10.1. The van der Waals surface area contributed by atoms with Gasteiger partial charge in [0.05, 0.1) is 12.6 Å². The summed E-state index contributed by atoms with van der Waals surface area (Å²) in [6.45, 7) is 4.25. The Balaban J connectivity index is 1.42. The van der Waals surface area contributed by atoms with Crippen molar-refractivity contribution >= 4 is 17.4 Å². The van der Waals surface area contributed by atoms with Crippen molar-refractivity contribution in [2.75, 3.05) is 39.9 Å². The first kappa shape index (κ1) is 18.0. The van der Waals surface area contributed by atoms with Gasteiger partial charge in [0, 0.05) is 44.4 Å². The van der Waals surface area contributed by atoms with Gasteiger partial charge in [-0.3, -0.25) is 14.6 Å². The van der Waals surface area contributed by atoms with Gasteiger partial charge in [-0.15, -0.1) is 0 Å². The largest absolute Gasteiger partial charge is 0.392 e. The first-order valence-corrected chi connectivity index (χ1v) is 9.21. The Kier molecular flexibility index (Phi) is 4.63. The number of amides is 1. The fraction of sp³-hybridized carbons (Fsp3) is 0.333. The molecule has 0 spiro atoms. The molecule has 2 aromatic rings. The van der Waals surface area contributed by atoms with Gasteiger partial charge in [-0.05, 0) is 12.1 Å². The number of hydrogen-bond acceptors (Lipinski definition) is 4. The number of hydrogen-bond donors (Lipinski definition) is 0. The first-order chi connectivity index (χ1) is 13.0. The Hall–Kier alpha value is -2.41. The molecule has 0 aliphatic carbocycles. The van der Waals surface area contributed by atoms with Crippen molar-refractivity contribution in [3.63, 3.8) is 0 Å². The lowest BCUT2D eigenvalue weighted by Gasteiger charge is -2.38. The van der Waals surface area contributed by atoms with E-state index in [-0.39, 0.29) is 16.2 Å². The van der Waals surface area contributed by atoms with E-state index in [9.17, 15) is 14.0 Å². The summed E-state index contributed by atoms with van der Waals surface area (Å²) in [4.78, 5) is 29.4. The number of carbonyl (C=O) groups excluding carboxylic acids is 2. The van der Waals surface area contributed by atoms with Gasteiger partial charge in [0.15, 0.2) is 5.69 Å². The molecular weight excluding hydrogens is 345 g/mol. The van der Waals surface area contributed by atoms with Crippen LogP contribution in [-0.4, -0.2) is 61.4 Å². The molecule has 140 valence electrons. The molecule has 1 amide bonds. The average Bonchev–Trinajstić information content (AvgIpc) is 2.87. The Labute approximate surface area is 158 Å². The third kappa shape index (κ3) is 3.20. The molecule has 2 aromatic carbocycles. The molecule has 2 aliphatic rings. The molecule has 1 unspecified atom stereocenters. The zero-order valence-corrected chi connectivity index (χ0v) is 15.4. The van der Waals surface area contributed by atoms with Crippen LogP contribution in [-0.2, 0) is 11.3 Å². The van der Waals surface area contributed by atoms with Crippen LogP contribution >= 0.6 is 0 Å². The highest BCUT2D eigenvalue weighted by molar-refractivity contribution is 6.50. The number of ketones is 1. The zero-order valence-electron chi connectivity index (χ0n) is 15.4. The second-order valence-corrected chi connectivity index (χ2v) is 7.47. The maximum atomic E-state index is 13.9. The number of Topliss-reactive ketones (excluding diaryl/α,β-unsaturated/α-hetero) is 1. The number of fused-ring (bicyclic) bond motifs is 1. The van der Waals surface area contributed by atoms with Crippen molar-refractivity contribution < 1.29 is 14.0 Å². The molecule has 0 saturated carbocycles. The molecule has 2 heterocycles. The number of piperazine rings is 1. The number of halogens is 1. The fourth-order valence-electron chi connectivity index (χ4n) is 4.04. The Bertz CT molecular complexity index is 893. The molecule has 0 bridgehead atoms. The number of benzene rings is 2. The monoisotopic (exact) mass is 368 g/mol. The zero-order chi connectivity index (χ0) is 19.0. The van der Waals surface area contributed by atoms with E-state index in [0.717, 1.165) is 31.9 Å². The first-order valence-electron chi connectivity index (χ1n) is 9.21. The lowest BCUT2D eigenvalue weighted by molar-refractivity contribution is -0.125. The van der Waals surface area contributed by atoms with Crippen LogP contribution in [0, 0.1) is 5.82 Å². The topological polar surface area (TPSA) is 40.6 Å². The minimum atomic E-state index is -0.397. The summed E-state index contributed by atoms with van der Waals surface area (Å²) < 4.78 is 13.9. The average molecular weight is 368 g/mol. The summed E-state index contributed by atoms with van der Waals surface area (Å²) in [5, 5.41) is 0. The molecule has 1 saturated heterocycles. The molecule has 2 aliphatic heterocycles. The predicted molar refractivity (Wildman–Crippen MR) is 102 cm³/mol. The van der Waals surface area contributed by atoms with Crippen LogP contribution in [0.15, 0.2) is 48.5 Å². The van der Waals surface area contributed by atoms with Crippen molar-refractivity contribution in [3.05, 3.63) is 65.5 Å². The van der Waals surface area contributed by atoms with Crippen molar-refractivity contribution in [1.82, 2.24) is 14.3 Å². The van der Waals surface area contributed by atoms with Crippen LogP contribution in [0.5, 0.6) is 0 Å². The van der Waals surface area contributed by atoms with Crippen LogP contribution in [0.25, 0.3) is 0 Å². The van der Waals surface area contributed by atoms with Gasteiger partial charge in [0.2, 0.25) is 0 Å². The summed E-state index contributed by atoms with van der Waals surface area (Å²) in [6, 6.07) is 14.1. The minimum Gasteiger partial charge on any atom is -0.296 e. The van der Waals surface area contributed by atoms with E-state index in [1.807, 2.05) is 31.3 Å². The van der Waals surface area contributed by atoms with Gasteiger partial charge in [-0.2, -0.15) is 0 Å². The Morgan fingerprint density at radius 1 is 0.926 bits per heavy atom. The van der Waals surface area contributed by atoms with Crippen molar-refractivity contribution in [1.29, 1.82) is 0 Å². The molecule has 1 atom stereocenters. The number of rotatable bonds is 4. The van der Waals surface area contributed by atoms with E-state index < -0.39 is 5.78 Å². The highest BCUT2D eigenvalue weighted by atomic mass is 19.1. The summed E-state index contributed by atoms with van der Waals surface area (Å²) in [6.07, 6.45) is 0. The van der Waals surface area contributed by atoms with Gasteiger partial charge in [0.1, 0.15) is 12.5 Å². The highest BCUT2D eigenvalue weighted by Crippen LogP contribution is 2.34. The van der Waals surface area contributed by atoms with Gasteiger partial charge in [-0.1, -0.05) is 30.3 Å². The van der Waals surface area contributed by atoms with E-state index in [1.165, 1.54) is 6.07 Å². The molecule has 0 aromatic heterocycles. The number of carbonyl (C=O) groups is 2. The van der Waals surface area contributed by atoms with E-state index in [4.69, 9.17) is 0 Å². The van der Waals surface area contributed by atoms with Crippen LogP contribution in [0.2, 0.25) is 0 Å². The van der Waals surface area contributed by atoms with Crippen LogP contribution in [0.1, 0.15) is 15.9 Å². The number of para-hydroxylation sites is 1. The Morgan fingerprint density at radius 3 is 2.30 bits per heavy atom. The fourth-order valence-corrected chi connectivity index (χ4v) is 4.04. The normalized spacial score (nSPS) is 23.6. The third-order valence-corrected chi connectivity index (χ3v) is 5.62. The van der Waals surface area contributed by atoms with Crippen LogP contribution in [0.4, 0.5) is 10.1 Å². The van der Waals surface area contributed by atoms with E-state index in [2.05, 4.69) is 9.80 Å². The van der Waals surface area contributed by atoms with Gasteiger partial charge >= 0.3 is 5.91 Å². The standard InChI is InChI=1S/C21H23FN3O2/c1-25(19-9-5-3-7-17(19)20(26)21(25)27)15-24-12-10-23(11-13-24)14-16-6-2-4-8-18(16)22/h2-9H,10-15H2,1H3/q+1. The molecule has 6 heteroatoms. The number of likely N-dealkylation sites (N-methyl/N-ethyl adjacent to an activating group) is 1. The summed E-state index contributed by atoms with van der Waals surface area (Å²) in [5.74, 6) is -0.938. The maximum absolute atomic E-state index is 13.9. The molecule has 27 heavy (non-hydrogen) atoms. The second-order valence-electron chi connectivity index (χ2n) is 7.47. The van der Waals surface area contributed by atoms with E-state index in [1.54, 1.807) is 18.2 Å². The quantitative estimate of drug-likeness (QED) is 0.613. The summed E-state index contributed by atoms with van der Waals surface area (Å²) in [5.41, 5.74) is 2.00. The van der Waals surface area contributed by atoms with Crippen LogP contribution in [0.3, 0.4) is 0 Å². The van der Waals surface area contributed by atoms with E-state index in [0.29, 0.717) is 24.3 Å². The van der Waals surface area contributed by atoms with Crippen LogP contribution < -0.4 is 4.48 Å². The summed E-state index contributed by atoms with van der Waals surface area (Å²) in [7, 11) is 1.82. The van der Waals surface area contributed by atoms with E-state index >= 15 is 0 Å². The minimum absolute atomic E-state index is 0.00230. The molecule has 0 radical (unpaired) electrons. The molecule has 4 rings (SSSR count). The smallest absolute Gasteiger partial charge is 0.296 e. The lowest BCUT2D eigenvalue weighted by Crippen LogP contribution is -2.59. The molecular formula is C21H23FN3O2+. The predicted octanol–water partition coefficient (Wildman–Crippen LogP) is 2.26. The highest BCUT2D eigenvalue weighted by Gasteiger charge is 2.50. The summed E-state index contributed by atoms with van der Waals surface area (Å²) >= 11 is 0. The maximum Gasteiger partial charge on any atom is 0.392 e. The number of quaternary nitrogens is 1. The molecule has 5 nitrogen and oxygen atoms in total. The molecule has 1 fully saturated rings. The SMILES string of the molecule is C[N+]1(CN2CCN(Cc3ccccc3F)CC2)C(=O)C(=O)c2ccccc21. The molecule has 0 N–H and O–H groups in total. The third-order valence-electron chi connectivity index (χ3n) is 5.62. The van der Waals surface area contributed by atoms with Crippen molar-refractivity contribution in [3.8, 4) is 0 Å².